The van der Waals surface area contributed by atoms with Crippen LogP contribution in [0, 0.1) is 19.7 Å². The lowest BCUT2D eigenvalue weighted by Gasteiger charge is -2.22. The van der Waals surface area contributed by atoms with Gasteiger partial charge in [0.2, 0.25) is 0 Å². The number of fused-ring (bicyclic) bond motifs is 1. The molecule has 0 amide bonds. The van der Waals surface area contributed by atoms with Crippen LogP contribution in [0.15, 0.2) is 42.7 Å². The van der Waals surface area contributed by atoms with E-state index in [0.29, 0.717) is 16.8 Å². The first-order chi connectivity index (χ1) is 12.9. The van der Waals surface area contributed by atoms with Gasteiger partial charge in [0.1, 0.15) is 35.9 Å². The molecule has 7 heteroatoms. The molecule has 0 unspecified atom stereocenters. The predicted molar refractivity (Wildman–Crippen MR) is 96.5 cm³/mol. The van der Waals surface area contributed by atoms with Crippen molar-refractivity contribution < 1.29 is 24.4 Å². The summed E-state index contributed by atoms with van der Waals surface area (Å²) < 4.78 is 21.0. The number of aromatic nitrogens is 2. The van der Waals surface area contributed by atoms with Gasteiger partial charge in [0.15, 0.2) is 6.23 Å². The molecule has 0 saturated carbocycles. The third-order valence-electron chi connectivity index (χ3n) is 5.22. The Bertz CT molecular complexity index is 989. The highest BCUT2D eigenvalue weighted by Crippen LogP contribution is 2.37. The van der Waals surface area contributed by atoms with Crippen LogP contribution in [0.2, 0.25) is 0 Å². The quantitative estimate of drug-likeness (QED) is 0.656. The lowest BCUT2D eigenvalue weighted by atomic mass is 9.98. The molecule has 27 heavy (non-hydrogen) atoms. The Balaban J connectivity index is 1.66. The zero-order valence-electron chi connectivity index (χ0n) is 15.0. The van der Waals surface area contributed by atoms with Gasteiger partial charge in [0.05, 0.1) is 0 Å². The Morgan fingerprint density at radius 3 is 2.63 bits per heavy atom. The molecule has 1 aliphatic heterocycles. The molecule has 0 radical (unpaired) electrons. The standard InChI is InChI=1S/C20H21FN2O4/c1-10-5-7-22-19-13(10)6-8-23(19)20-17(26)16(25)18(27-20)15(24)12-3-4-14(21)11(2)9-12/h3-9,15-18,20,24-26H,1-2H3/t15-,16+,17-,18-,20-/m1/s1. The summed E-state index contributed by atoms with van der Waals surface area (Å²) in [6.07, 6.45) is -2.32. The topological polar surface area (TPSA) is 87.7 Å². The molecule has 4 rings (SSSR count). The SMILES string of the molecule is Cc1cc([C@@H](O)[C@H]2O[C@@H](n3ccc4c(C)ccnc43)[C@H](O)[C@@H]2O)ccc1F. The molecule has 1 aromatic carbocycles. The van der Waals surface area contributed by atoms with Gasteiger partial charge in [0.25, 0.3) is 0 Å². The van der Waals surface area contributed by atoms with E-state index in [9.17, 15) is 19.7 Å². The number of ether oxygens (including phenoxy) is 1. The largest absolute Gasteiger partial charge is 0.387 e. The zero-order chi connectivity index (χ0) is 19.3. The van der Waals surface area contributed by atoms with Crippen LogP contribution in [-0.2, 0) is 4.74 Å². The van der Waals surface area contributed by atoms with Crippen molar-refractivity contribution >= 4 is 11.0 Å². The van der Waals surface area contributed by atoms with E-state index in [1.807, 2.05) is 19.1 Å². The third kappa shape index (κ3) is 2.93. The maximum absolute atomic E-state index is 13.5. The molecule has 1 saturated heterocycles. The highest BCUT2D eigenvalue weighted by atomic mass is 19.1. The van der Waals surface area contributed by atoms with Gasteiger partial charge in [-0.25, -0.2) is 9.37 Å². The lowest BCUT2D eigenvalue weighted by Crippen LogP contribution is -2.34. The fraction of sp³-hybridized carbons (Fsp3) is 0.350. The van der Waals surface area contributed by atoms with E-state index in [2.05, 4.69) is 4.98 Å². The summed E-state index contributed by atoms with van der Waals surface area (Å²) in [6, 6.07) is 7.96. The van der Waals surface area contributed by atoms with Crippen molar-refractivity contribution in [1.82, 2.24) is 9.55 Å². The average molecular weight is 372 g/mol. The summed E-state index contributed by atoms with van der Waals surface area (Å²) in [5, 5.41) is 32.6. The molecule has 0 bridgehead atoms. The summed E-state index contributed by atoms with van der Waals surface area (Å²) >= 11 is 0. The smallest absolute Gasteiger partial charge is 0.164 e. The fourth-order valence-corrected chi connectivity index (χ4v) is 3.62. The first-order valence-corrected chi connectivity index (χ1v) is 8.76. The number of pyridine rings is 1. The number of benzene rings is 1. The van der Waals surface area contributed by atoms with Crippen molar-refractivity contribution in [1.29, 1.82) is 0 Å². The van der Waals surface area contributed by atoms with Crippen LogP contribution < -0.4 is 0 Å². The molecule has 3 heterocycles. The van der Waals surface area contributed by atoms with Crippen molar-refractivity contribution in [3.05, 3.63) is 65.2 Å². The third-order valence-corrected chi connectivity index (χ3v) is 5.22. The Labute approximate surface area is 155 Å². The molecule has 5 atom stereocenters. The van der Waals surface area contributed by atoms with Crippen LogP contribution >= 0.6 is 0 Å². The van der Waals surface area contributed by atoms with Crippen LogP contribution in [0.3, 0.4) is 0 Å². The molecule has 2 aromatic heterocycles. The molecule has 3 N–H and O–H groups in total. The van der Waals surface area contributed by atoms with Crippen molar-refractivity contribution in [3.8, 4) is 0 Å². The second-order valence-electron chi connectivity index (χ2n) is 7.01. The van der Waals surface area contributed by atoms with Gasteiger partial charge in [-0.1, -0.05) is 12.1 Å². The number of aliphatic hydroxyl groups is 3. The molecule has 142 valence electrons. The number of nitrogens with zero attached hydrogens (tertiary/aromatic N) is 2. The highest BCUT2D eigenvalue weighted by Gasteiger charge is 2.47. The molecule has 3 aromatic rings. The summed E-state index contributed by atoms with van der Waals surface area (Å²) in [5.74, 6) is -0.378. The van der Waals surface area contributed by atoms with Crippen LogP contribution in [-0.4, -0.2) is 43.2 Å². The number of hydrogen-bond donors (Lipinski definition) is 3. The molecular formula is C20H21FN2O4. The Morgan fingerprint density at radius 2 is 1.89 bits per heavy atom. The number of aliphatic hydroxyl groups excluding tert-OH is 3. The first kappa shape index (κ1) is 18.1. The number of hydrogen-bond acceptors (Lipinski definition) is 5. The fourth-order valence-electron chi connectivity index (χ4n) is 3.62. The number of halogens is 1. The molecule has 1 aliphatic rings. The van der Waals surface area contributed by atoms with Crippen molar-refractivity contribution in [2.45, 2.75) is 44.5 Å². The monoisotopic (exact) mass is 372 g/mol. The molecule has 0 aliphatic carbocycles. The van der Waals surface area contributed by atoms with Crippen molar-refractivity contribution in [2.75, 3.05) is 0 Å². The van der Waals surface area contributed by atoms with E-state index >= 15 is 0 Å². The van der Waals surface area contributed by atoms with Crippen LogP contribution in [0.1, 0.15) is 29.0 Å². The second-order valence-corrected chi connectivity index (χ2v) is 7.01. The van der Waals surface area contributed by atoms with Crippen LogP contribution in [0.5, 0.6) is 0 Å². The summed E-state index contributed by atoms with van der Waals surface area (Å²) in [7, 11) is 0. The van der Waals surface area contributed by atoms with Gasteiger partial charge < -0.3 is 24.6 Å². The van der Waals surface area contributed by atoms with Gasteiger partial charge in [-0.2, -0.15) is 0 Å². The Hall–Kier alpha value is -2.32. The average Bonchev–Trinajstić information content (AvgIpc) is 3.20. The maximum atomic E-state index is 13.5. The molecule has 1 fully saturated rings. The maximum Gasteiger partial charge on any atom is 0.164 e. The van der Waals surface area contributed by atoms with Gasteiger partial charge >= 0.3 is 0 Å². The van der Waals surface area contributed by atoms with Crippen molar-refractivity contribution in [2.24, 2.45) is 0 Å². The molecule has 6 nitrogen and oxygen atoms in total. The molecular weight excluding hydrogens is 351 g/mol. The van der Waals surface area contributed by atoms with Gasteiger partial charge in [-0.15, -0.1) is 0 Å². The highest BCUT2D eigenvalue weighted by molar-refractivity contribution is 5.79. The minimum absolute atomic E-state index is 0.378. The summed E-state index contributed by atoms with van der Waals surface area (Å²) in [6.45, 7) is 3.55. The minimum Gasteiger partial charge on any atom is -0.387 e. The van der Waals surface area contributed by atoms with Gasteiger partial charge in [-0.3, -0.25) is 0 Å². The normalized spacial score (nSPS) is 26.6. The van der Waals surface area contributed by atoms with E-state index in [1.165, 1.54) is 18.2 Å². The number of aryl methyl sites for hydroxylation is 2. The summed E-state index contributed by atoms with van der Waals surface area (Å²) in [4.78, 5) is 4.34. The van der Waals surface area contributed by atoms with E-state index in [4.69, 9.17) is 4.74 Å². The lowest BCUT2D eigenvalue weighted by molar-refractivity contribution is -0.0848. The van der Waals surface area contributed by atoms with E-state index in [0.717, 1.165) is 10.9 Å². The zero-order valence-corrected chi connectivity index (χ0v) is 15.0. The second kappa shape index (κ2) is 6.69. The van der Waals surface area contributed by atoms with E-state index in [-0.39, 0.29) is 5.82 Å². The van der Waals surface area contributed by atoms with Crippen molar-refractivity contribution in [3.63, 3.8) is 0 Å². The number of rotatable bonds is 3. The first-order valence-electron chi connectivity index (χ1n) is 8.76. The van der Waals surface area contributed by atoms with Gasteiger partial charge in [-0.05, 0) is 48.7 Å². The van der Waals surface area contributed by atoms with Crippen LogP contribution in [0.4, 0.5) is 4.39 Å². The predicted octanol–water partition coefficient (Wildman–Crippen LogP) is 2.15. The summed E-state index contributed by atoms with van der Waals surface area (Å²) in [5.41, 5.74) is 2.45. The van der Waals surface area contributed by atoms with Gasteiger partial charge in [0, 0.05) is 17.8 Å². The van der Waals surface area contributed by atoms with E-state index < -0.39 is 30.6 Å². The Kier molecular flexibility index (Phi) is 4.47. The van der Waals surface area contributed by atoms with Crippen LogP contribution in [0.25, 0.3) is 11.0 Å². The Morgan fingerprint density at radius 1 is 1.11 bits per heavy atom. The molecule has 0 spiro atoms. The van der Waals surface area contributed by atoms with E-state index in [1.54, 1.807) is 23.9 Å². The minimum atomic E-state index is -1.31.